The van der Waals surface area contributed by atoms with Crippen LogP contribution in [0, 0.1) is 17.4 Å². The summed E-state index contributed by atoms with van der Waals surface area (Å²) < 4.78 is 0. The van der Waals surface area contributed by atoms with Crippen molar-refractivity contribution in [1.82, 2.24) is 4.98 Å². The molecule has 2 N–H and O–H groups in total. The van der Waals surface area contributed by atoms with Gasteiger partial charge >= 0.3 is 0 Å². The fourth-order valence-electron chi connectivity index (χ4n) is 5.84. The minimum absolute atomic E-state index is 0.179. The Kier molecular flexibility index (Phi) is 6.67. The number of halogens is 2. The van der Waals surface area contributed by atoms with Crippen LogP contribution in [0.5, 0.6) is 0 Å². The molecule has 2 saturated carbocycles. The van der Waals surface area contributed by atoms with Crippen LogP contribution in [0.3, 0.4) is 0 Å². The van der Waals surface area contributed by atoms with Crippen LogP contribution in [0.1, 0.15) is 74.6 Å². The third-order valence-corrected chi connectivity index (χ3v) is 8.10. The van der Waals surface area contributed by atoms with Crippen LogP contribution in [0.25, 0.3) is 0 Å². The van der Waals surface area contributed by atoms with E-state index in [0.717, 1.165) is 55.5 Å². The van der Waals surface area contributed by atoms with Gasteiger partial charge in [-0.25, -0.2) is 0 Å². The van der Waals surface area contributed by atoms with Gasteiger partial charge in [-0.2, -0.15) is 0 Å². The third-order valence-electron chi connectivity index (χ3n) is 7.53. The molecule has 1 aromatic carbocycles. The predicted octanol–water partition coefficient (Wildman–Crippen LogP) is 7.22. The molecule has 0 aliphatic heterocycles. The highest BCUT2D eigenvalue weighted by Gasteiger charge is 2.55. The molecule has 5 nitrogen and oxygen atoms in total. The van der Waals surface area contributed by atoms with E-state index in [0.29, 0.717) is 17.4 Å². The van der Waals surface area contributed by atoms with Crippen molar-refractivity contribution in [2.75, 3.05) is 10.6 Å². The summed E-state index contributed by atoms with van der Waals surface area (Å²) >= 11 is 12.3. The molecule has 1 radical (unpaired) electrons. The van der Waals surface area contributed by atoms with Gasteiger partial charge in [0.05, 0.1) is 26.7 Å². The van der Waals surface area contributed by atoms with Gasteiger partial charge in [0.15, 0.2) is 5.78 Å². The maximum atomic E-state index is 13.5. The number of nitrogens with zero attached hydrogens (tertiary/aromatic N) is 1. The number of hydrogen-bond acceptors (Lipinski definition) is 4. The summed E-state index contributed by atoms with van der Waals surface area (Å²) in [5.41, 5.74) is 3.17. The van der Waals surface area contributed by atoms with Gasteiger partial charge in [-0.05, 0) is 43.7 Å². The number of aromatic nitrogens is 1. The van der Waals surface area contributed by atoms with E-state index < -0.39 is 5.91 Å². The molecule has 1 spiro atoms. The van der Waals surface area contributed by atoms with Crippen molar-refractivity contribution >= 4 is 46.3 Å². The number of anilines is 2. The lowest BCUT2D eigenvalue weighted by Crippen LogP contribution is -2.50. The number of ketones is 1. The lowest BCUT2D eigenvalue weighted by molar-refractivity contribution is -0.128. The molecule has 5 rings (SSSR count). The van der Waals surface area contributed by atoms with Gasteiger partial charge in [-0.15, -0.1) is 0 Å². The summed E-state index contributed by atoms with van der Waals surface area (Å²) in [5, 5.41) is 6.79. The molecule has 0 saturated heterocycles. The summed E-state index contributed by atoms with van der Waals surface area (Å²) in [6.07, 6.45) is 13.8. The standard InChI is InChI=1S/C27H28Cl2N3O2/c28-20-15-30-16-21(29)23(20)26(34)32-19-11-7-10-18(14-19)31-24-22(17-8-3-1-4-9-17)25(33)27(24)12-5-2-6-13-27/h7,10-11,15-17,31H,1-6,8-9,12-13H2,(H,32,34). The molecule has 177 valence electrons. The van der Waals surface area contributed by atoms with Crippen LogP contribution in [0.2, 0.25) is 10.0 Å². The Morgan fingerprint density at radius 2 is 1.62 bits per heavy atom. The van der Waals surface area contributed by atoms with Crippen molar-refractivity contribution in [2.24, 2.45) is 11.3 Å². The summed E-state index contributed by atoms with van der Waals surface area (Å²) in [7, 11) is 0. The Morgan fingerprint density at radius 3 is 2.32 bits per heavy atom. The van der Waals surface area contributed by atoms with Gasteiger partial charge < -0.3 is 10.6 Å². The SMILES string of the molecule is O=C(Nc1[c]c(NC2=C(C3CCCCC3)C(=O)C23CCCCC3)ccc1)c1c(Cl)cncc1Cl. The lowest BCUT2D eigenvalue weighted by atomic mass is 9.55. The quantitative estimate of drug-likeness (QED) is 0.458. The summed E-state index contributed by atoms with van der Waals surface area (Å²) in [6.45, 7) is 0. The van der Waals surface area contributed by atoms with Gasteiger partial charge in [0.2, 0.25) is 0 Å². The van der Waals surface area contributed by atoms with Crippen molar-refractivity contribution in [3.63, 3.8) is 0 Å². The summed E-state index contributed by atoms with van der Waals surface area (Å²) in [5.74, 6) is 0.304. The molecule has 1 heterocycles. The minimum atomic E-state index is -0.421. The number of allylic oxidation sites excluding steroid dienone is 2. The van der Waals surface area contributed by atoms with Crippen LogP contribution in [-0.2, 0) is 4.79 Å². The second-order valence-corrected chi connectivity index (χ2v) is 10.4. The zero-order valence-corrected chi connectivity index (χ0v) is 20.6. The molecule has 1 amide bonds. The maximum absolute atomic E-state index is 13.5. The Labute approximate surface area is 210 Å². The highest BCUT2D eigenvalue weighted by molar-refractivity contribution is 6.40. The van der Waals surface area contributed by atoms with E-state index in [9.17, 15) is 9.59 Å². The Balaban J connectivity index is 1.41. The predicted molar refractivity (Wildman–Crippen MR) is 135 cm³/mol. The fourth-order valence-corrected chi connectivity index (χ4v) is 6.38. The number of rotatable bonds is 5. The number of Topliss-reactive ketones (excluding diaryl/α,β-unsaturated/α-hetero) is 1. The first-order valence-corrected chi connectivity index (χ1v) is 12.9. The van der Waals surface area contributed by atoms with E-state index in [4.69, 9.17) is 23.2 Å². The minimum Gasteiger partial charge on any atom is -0.357 e. The van der Waals surface area contributed by atoms with Crippen molar-refractivity contribution in [3.05, 3.63) is 63.5 Å². The van der Waals surface area contributed by atoms with Gasteiger partial charge in [0.1, 0.15) is 0 Å². The van der Waals surface area contributed by atoms with Gasteiger partial charge in [-0.1, -0.05) is 67.8 Å². The average molecular weight is 497 g/mol. The molecule has 0 atom stereocenters. The number of carbonyl (C=O) groups is 2. The number of pyridine rings is 1. The lowest BCUT2D eigenvalue weighted by Gasteiger charge is -2.49. The molecule has 7 heteroatoms. The third kappa shape index (κ3) is 4.25. The Bertz CT molecular complexity index is 1130. The molecule has 0 bridgehead atoms. The highest BCUT2D eigenvalue weighted by atomic mass is 35.5. The Morgan fingerprint density at radius 1 is 0.971 bits per heavy atom. The molecule has 2 aromatic rings. The summed E-state index contributed by atoms with van der Waals surface area (Å²) in [4.78, 5) is 30.2. The van der Waals surface area contributed by atoms with Crippen LogP contribution < -0.4 is 10.6 Å². The fraction of sp³-hybridized carbons (Fsp3) is 0.444. The molecule has 34 heavy (non-hydrogen) atoms. The first kappa shape index (κ1) is 23.4. The molecular formula is C27H28Cl2N3O2. The normalized spacial score (nSPS) is 20.2. The van der Waals surface area contributed by atoms with Crippen LogP contribution in [-0.4, -0.2) is 16.7 Å². The number of benzene rings is 1. The monoisotopic (exact) mass is 496 g/mol. The van der Waals surface area contributed by atoms with E-state index in [1.54, 1.807) is 6.07 Å². The topological polar surface area (TPSA) is 71.1 Å². The van der Waals surface area contributed by atoms with E-state index in [1.165, 1.54) is 38.1 Å². The molecule has 2 fully saturated rings. The molecular weight excluding hydrogens is 469 g/mol. The number of carbonyl (C=O) groups excluding carboxylic acids is 2. The molecule has 3 aliphatic rings. The van der Waals surface area contributed by atoms with Gasteiger partial charge in [0, 0.05) is 35.4 Å². The van der Waals surface area contributed by atoms with Crippen LogP contribution in [0.4, 0.5) is 11.4 Å². The van der Waals surface area contributed by atoms with Crippen molar-refractivity contribution < 1.29 is 9.59 Å². The zero-order chi connectivity index (χ0) is 23.7. The van der Waals surface area contributed by atoms with E-state index in [2.05, 4.69) is 21.7 Å². The van der Waals surface area contributed by atoms with Crippen LogP contribution >= 0.6 is 23.2 Å². The van der Waals surface area contributed by atoms with Crippen molar-refractivity contribution in [3.8, 4) is 0 Å². The maximum Gasteiger partial charge on any atom is 0.258 e. The van der Waals surface area contributed by atoms with E-state index >= 15 is 0 Å². The zero-order valence-electron chi connectivity index (χ0n) is 19.1. The van der Waals surface area contributed by atoms with E-state index in [-0.39, 0.29) is 21.0 Å². The first-order chi connectivity index (χ1) is 16.5. The number of amides is 1. The summed E-state index contributed by atoms with van der Waals surface area (Å²) in [6, 6.07) is 8.81. The second-order valence-electron chi connectivity index (χ2n) is 9.63. The van der Waals surface area contributed by atoms with Crippen LogP contribution in [0.15, 0.2) is 41.9 Å². The average Bonchev–Trinajstić information content (AvgIpc) is 2.85. The largest absolute Gasteiger partial charge is 0.357 e. The van der Waals surface area contributed by atoms with Gasteiger partial charge in [0.25, 0.3) is 5.91 Å². The number of nitrogens with one attached hydrogen (secondary N) is 2. The first-order valence-electron chi connectivity index (χ1n) is 12.2. The molecule has 0 unspecified atom stereocenters. The van der Waals surface area contributed by atoms with Crippen molar-refractivity contribution in [1.29, 1.82) is 0 Å². The molecule has 3 aliphatic carbocycles. The van der Waals surface area contributed by atoms with Gasteiger partial charge in [-0.3, -0.25) is 14.6 Å². The highest BCUT2D eigenvalue weighted by Crippen LogP contribution is 2.56. The number of hydrogen-bond donors (Lipinski definition) is 2. The van der Waals surface area contributed by atoms with Crippen molar-refractivity contribution in [2.45, 2.75) is 64.2 Å². The Hall–Kier alpha value is -2.37. The second kappa shape index (κ2) is 9.71. The van der Waals surface area contributed by atoms with E-state index in [1.807, 2.05) is 12.1 Å². The molecule has 1 aromatic heterocycles. The smallest absolute Gasteiger partial charge is 0.258 e.